The summed E-state index contributed by atoms with van der Waals surface area (Å²) in [6.07, 6.45) is 2.20. The molecule has 0 heterocycles. The van der Waals surface area contributed by atoms with Gasteiger partial charge in [-0.05, 0) is 98.9 Å². The second-order valence-electron chi connectivity index (χ2n) is 7.29. The van der Waals surface area contributed by atoms with E-state index in [4.69, 9.17) is 9.47 Å². The van der Waals surface area contributed by atoms with Crippen molar-refractivity contribution in [2.75, 3.05) is 6.61 Å². The van der Waals surface area contributed by atoms with Gasteiger partial charge in [0.2, 0.25) is 0 Å². The number of esters is 1. The number of benzene rings is 2. The summed E-state index contributed by atoms with van der Waals surface area (Å²) in [4.78, 5) is 11.9. The van der Waals surface area contributed by atoms with Crippen molar-refractivity contribution in [3.05, 3.63) is 49.9 Å². The van der Waals surface area contributed by atoms with Crippen LogP contribution in [0.1, 0.15) is 62.1 Å². The molecule has 0 bridgehead atoms. The van der Waals surface area contributed by atoms with Gasteiger partial charge in [-0.1, -0.05) is 13.8 Å². The maximum absolute atomic E-state index is 11.9. The van der Waals surface area contributed by atoms with Gasteiger partial charge in [-0.15, -0.1) is 0 Å². The molecule has 1 N–H and O–H groups in total. The Kier molecular flexibility index (Phi) is 6.71. The third kappa shape index (κ3) is 4.38. The van der Waals surface area contributed by atoms with Gasteiger partial charge >= 0.3 is 5.97 Å². The SMILES string of the molecule is CCOC(=O)CC1CCc2c1cc(Br)c(Oc1ccc(O)c(C(C)C)c1)c2Br. The summed E-state index contributed by atoms with van der Waals surface area (Å²) >= 11 is 7.33. The molecular weight excluding hydrogens is 488 g/mol. The van der Waals surface area contributed by atoms with Crippen molar-refractivity contribution in [3.63, 3.8) is 0 Å². The highest BCUT2D eigenvalue weighted by Gasteiger charge is 2.30. The quantitative estimate of drug-likeness (QED) is 0.432. The number of hydrogen-bond donors (Lipinski definition) is 1. The lowest BCUT2D eigenvalue weighted by molar-refractivity contribution is -0.143. The van der Waals surface area contributed by atoms with Gasteiger partial charge in [-0.25, -0.2) is 0 Å². The molecule has 150 valence electrons. The van der Waals surface area contributed by atoms with E-state index in [-0.39, 0.29) is 23.6 Å². The third-order valence-electron chi connectivity index (χ3n) is 5.05. The summed E-state index contributed by atoms with van der Waals surface area (Å²) in [6.45, 7) is 6.29. The summed E-state index contributed by atoms with van der Waals surface area (Å²) in [5.74, 6) is 1.85. The van der Waals surface area contributed by atoms with E-state index in [2.05, 4.69) is 37.9 Å². The largest absolute Gasteiger partial charge is 0.508 e. The number of phenolic OH excluding ortho intramolecular Hbond substituents is 1. The van der Waals surface area contributed by atoms with E-state index in [1.165, 1.54) is 5.56 Å². The lowest BCUT2D eigenvalue weighted by Gasteiger charge is -2.17. The van der Waals surface area contributed by atoms with E-state index in [0.717, 1.165) is 32.9 Å². The van der Waals surface area contributed by atoms with Gasteiger partial charge in [0, 0.05) is 5.56 Å². The minimum Gasteiger partial charge on any atom is -0.508 e. The van der Waals surface area contributed by atoms with Crippen molar-refractivity contribution >= 4 is 37.8 Å². The number of halogens is 2. The molecule has 1 aliphatic carbocycles. The molecule has 0 saturated carbocycles. The van der Waals surface area contributed by atoms with Crippen LogP contribution in [0, 0.1) is 0 Å². The summed E-state index contributed by atoms with van der Waals surface area (Å²) < 4.78 is 13.0. The van der Waals surface area contributed by atoms with Gasteiger partial charge in [0.15, 0.2) is 5.75 Å². The van der Waals surface area contributed by atoms with Crippen LogP contribution in [0.15, 0.2) is 33.2 Å². The molecule has 0 radical (unpaired) electrons. The Hall–Kier alpha value is -1.53. The number of rotatable bonds is 6. The normalized spacial score (nSPS) is 15.6. The Morgan fingerprint density at radius 1 is 1.29 bits per heavy atom. The van der Waals surface area contributed by atoms with E-state index in [1.807, 2.05) is 26.8 Å². The highest BCUT2D eigenvalue weighted by Crippen LogP contribution is 2.48. The zero-order valence-corrected chi connectivity index (χ0v) is 19.4. The first kappa shape index (κ1) is 21.2. The molecule has 2 aromatic rings. The smallest absolute Gasteiger partial charge is 0.306 e. The minimum absolute atomic E-state index is 0.154. The molecule has 0 spiro atoms. The standard InChI is InChI=1S/C22H24Br2O4/c1-4-27-20(26)9-13-5-7-15-17(13)11-18(23)22(21(15)24)28-14-6-8-19(25)16(10-14)12(2)3/h6,8,10-13,25H,4-5,7,9H2,1-3H3. The third-order valence-corrected chi connectivity index (χ3v) is 6.48. The van der Waals surface area contributed by atoms with Crippen LogP contribution in [-0.4, -0.2) is 17.7 Å². The number of aromatic hydroxyl groups is 1. The van der Waals surface area contributed by atoms with Crippen LogP contribution in [0.5, 0.6) is 17.2 Å². The molecule has 0 saturated heterocycles. The van der Waals surface area contributed by atoms with Crippen molar-refractivity contribution in [2.24, 2.45) is 0 Å². The number of carbonyl (C=O) groups excluding carboxylic acids is 1. The predicted octanol–water partition coefficient (Wildman–Crippen LogP) is 6.82. The first-order chi connectivity index (χ1) is 13.3. The van der Waals surface area contributed by atoms with Crippen LogP contribution in [0.4, 0.5) is 0 Å². The van der Waals surface area contributed by atoms with Crippen molar-refractivity contribution in [1.29, 1.82) is 0 Å². The van der Waals surface area contributed by atoms with E-state index in [9.17, 15) is 9.90 Å². The molecule has 3 rings (SSSR count). The molecule has 0 aliphatic heterocycles. The molecule has 1 aliphatic rings. The topological polar surface area (TPSA) is 55.8 Å². The molecule has 1 atom stereocenters. The highest BCUT2D eigenvalue weighted by atomic mass is 79.9. The zero-order valence-electron chi connectivity index (χ0n) is 16.2. The van der Waals surface area contributed by atoms with Crippen LogP contribution in [-0.2, 0) is 16.0 Å². The Morgan fingerprint density at radius 2 is 2.04 bits per heavy atom. The summed E-state index contributed by atoms with van der Waals surface area (Å²) in [6, 6.07) is 7.35. The number of phenols is 1. The molecular formula is C22H24Br2O4. The fourth-order valence-electron chi connectivity index (χ4n) is 3.65. The molecule has 2 aromatic carbocycles. The highest BCUT2D eigenvalue weighted by molar-refractivity contribution is 9.11. The molecule has 1 unspecified atom stereocenters. The molecule has 6 heteroatoms. The molecule has 0 aromatic heterocycles. The van der Waals surface area contributed by atoms with Gasteiger partial charge < -0.3 is 14.6 Å². The molecule has 0 fully saturated rings. The fourth-order valence-corrected chi connectivity index (χ4v) is 5.17. The van der Waals surface area contributed by atoms with Gasteiger partial charge in [-0.3, -0.25) is 4.79 Å². The maximum Gasteiger partial charge on any atom is 0.306 e. The number of carbonyl (C=O) groups is 1. The zero-order chi connectivity index (χ0) is 20.4. The fraction of sp³-hybridized carbons (Fsp3) is 0.409. The molecule has 0 amide bonds. The average molecular weight is 512 g/mol. The van der Waals surface area contributed by atoms with E-state index < -0.39 is 0 Å². The van der Waals surface area contributed by atoms with Crippen LogP contribution >= 0.6 is 31.9 Å². The number of fused-ring (bicyclic) bond motifs is 1. The second kappa shape index (κ2) is 8.87. The van der Waals surface area contributed by atoms with Gasteiger partial charge in [-0.2, -0.15) is 0 Å². The number of ether oxygens (including phenoxy) is 2. The van der Waals surface area contributed by atoms with E-state index in [1.54, 1.807) is 12.1 Å². The lowest BCUT2D eigenvalue weighted by atomic mass is 9.98. The first-order valence-electron chi connectivity index (χ1n) is 9.48. The van der Waals surface area contributed by atoms with Gasteiger partial charge in [0.1, 0.15) is 11.5 Å². The Morgan fingerprint density at radius 3 is 2.71 bits per heavy atom. The average Bonchev–Trinajstić information content (AvgIpc) is 3.02. The summed E-state index contributed by atoms with van der Waals surface area (Å²) in [5, 5.41) is 10.0. The van der Waals surface area contributed by atoms with Crippen LogP contribution < -0.4 is 4.74 Å². The lowest BCUT2D eigenvalue weighted by Crippen LogP contribution is -2.08. The second-order valence-corrected chi connectivity index (χ2v) is 8.94. The Labute approximate surface area is 182 Å². The predicted molar refractivity (Wildman–Crippen MR) is 116 cm³/mol. The van der Waals surface area contributed by atoms with Crippen LogP contribution in [0.2, 0.25) is 0 Å². The minimum atomic E-state index is -0.154. The van der Waals surface area contributed by atoms with E-state index >= 15 is 0 Å². The van der Waals surface area contributed by atoms with Gasteiger partial charge in [0.25, 0.3) is 0 Å². The molecule has 4 nitrogen and oxygen atoms in total. The van der Waals surface area contributed by atoms with Crippen LogP contribution in [0.3, 0.4) is 0 Å². The van der Waals surface area contributed by atoms with Crippen molar-refractivity contribution in [2.45, 2.75) is 51.9 Å². The Bertz CT molecular complexity index is 893. The van der Waals surface area contributed by atoms with Gasteiger partial charge in [0.05, 0.1) is 22.0 Å². The molecule has 28 heavy (non-hydrogen) atoms. The first-order valence-corrected chi connectivity index (χ1v) is 11.1. The van der Waals surface area contributed by atoms with E-state index in [0.29, 0.717) is 24.5 Å². The Balaban J connectivity index is 1.89. The summed E-state index contributed by atoms with van der Waals surface area (Å²) in [7, 11) is 0. The monoisotopic (exact) mass is 510 g/mol. The summed E-state index contributed by atoms with van der Waals surface area (Å²) in [5.41, 5.74) is 3.18. The van der Waals surface area contributed by atoms with Crippen molar-refractivity contribution < 1.29 is 19.4 Å². The van der Waals surface area contributed by atoms with Crippen LogP contribution in [0.25, 0.3) is 0 Å². The van der Waals surface area contributed by atoms with Crippen molar-refractivity contribution in [3.8, 4) is 17.2 Å². The number of hydrogen-bond acceptors (Lipinski definition) is 4. The maximum atomic E-state index is 11.9. The van der Waals surface area contributed by atoms with Crippen molar-refractivity contribution in [1.82, 2.24) is 0 Å².